The molecule has 0 saturated heterocycles. The van der Waals surface area contributed by atoms with Crippen molar-refractivity contribution in [3.63, 3.8) is 0 Å². The van der Waals surface area contributed by atoms with Crippen molar-refractivity contribution in [2.24, 2.45) is 0 Å². The molecule has 0 aromatic heterocycles. The summed E-state index contributed by atoms with van der Waals surface area (Å²) in [5, 5.41) is 0. The monoisotopic (exact) mass is 530 g/mol. The van der Waals surface area contributed by atoms with Crippen LogP contribution < -0.4 is 0 Å². The first kappa shape index (κ1) is 34.2. The first-order valence-electron chi connectivity index (χ1n) is 13.5. The molecular formula is C24H52O8P2. The topological polar surface area (TPSA) is 89.5 Å². The van der Waals surface area contributed by atoms with Gasteiger partial charge in [0.15, 0.2) is 0 Å². The minimum atomic E-state index is -3.45. The zero-order valence-electron chi connectivity index (χ0n) is 22.3. The zero-order chi connectivity index (χ0) is 25.4. The van der Waals surface area contributed by atoms with E-state index < -0.39 is 15.6 Å². The van der Waals surface area contributed by atoms with Gasteiger partial charge in [-0.2, -0.15) is 0 Å². The number of rotatable bonds is 27. The summed E-state index contributed by atoms with van der Waals surface area (Å²) < 4.78 is 58.1. The second-order valence-corrected chi connectivity index (χ2v) is 11.8. The highest BCUT2D eigenvalue weighted by molar-refractivity contribution is 7.48. The summed E-state index contributed by atoms with van der Waals surface area (Å²) in [5.74, 6) is 0. The normalized spacial score (nSPS) is 12.5. The number of unbranched alkanes of at least 4 members (excludes halogenated alkanes) is 9. The third-order valence-corrected chi connectivity index (χ3v) is 8.02. The SMILES string of the molecule is CCCCOP(=O)(OCCCC)OCCCCCCCCOP(=O)(OCCCC)OCCCC. The Labute approximate surface area is 209 Å². The second-order valence-electron chi connectivity index (χ2n) is 8.43. The molecule has 0 amide bonds. The Balaban J connectivity index is 3.99. The van der Waals surface area contributed by atoms with E-state index in [0.717, 1.165) is 89.9 Å². The van der Waals surface area contributed by atoms with Gasteiger partial charge in [0.1, 0.15) is 0 Å². The molecule has 0 aromatic rings. The van der Waals surface area contributed by atoms with Gasteiger partial charge < -0.3 is 0 Å². The average Bonchev–Trinajstić information content (AvgIpc) is 2.81. The van der Waals surface area contributed by atoms with E-state index in [1.54, 1.807) is 0 Å². The van der Waals surface area contributed by atoms with Gasteiger partial charge in [-0.3, -0.25) is 27.1 Å². The largest absolute Gasteiger partial charge is 0.474 e. The summed E-state index contributed by atoms with van der Waals surface area (Å²) in [6, 6.07) is 0. The summed E-state index contributed by atoms with van der Waals surface area (Å²) in [7, 11) is -6.91. The van der Waals surface area contributed by atoms with Gasteiger partial charge in [0, 0.05) is 0 Å². The molecule has 0 saturated carbocycles. The van der Waals surface area contributed by atoms with Gasteiger partial charge in [-0.15, -0.1) is 0 Å². The van der Waals surface area contributed by atoms with Crippen molar-refractivity contribution >= 4 is 15.6 Å². The van der Waals surface area contributed by atoms with Crippen molar-refractivity contribution in [2.75, 3.05) is 39.6 Å². The maximum atomic E-state index is 12.7. The molecule has 0 N–H and O–H groups in total. The molecule has 0 atom stereocenters. The van der Waals surface area contributed by atoms with Crippen molar-refractivity contribution in [2.45, 2.75) is 118 Å². The van der Waals surface area contributed by atoms with Crippen LogP contribution in [0.25, 0.3) is 0 Å². The molecule has 34 heavy (non-hydrogen) atoms. The lowest BCUT2D eigenvalue weighted by molar-refractivity contribution is 0.107. The quantitative estimate of drug-likeness (QED) is 0.0768. The van der Waals surface area contributed by atoms with E-state index in [0.29, 0.717) is 39.6 Å². The highest BCUT2D eigenvalue weighted by Gasteiger charge is 2.27. The van der Waals surface area contributed by atoms with Gasteiger partial charge in [-0.05, 0) is 38.5 Å². The molecule has 0 rings (SSSR count). The molecule has 0 unspecified atom stereocenters. The predicted molar refractivity (Wildman–Crippen MR) is 138 cm³/mol. The predicted octanol–water partition coefficient (Wildman–Crippen LogP) is 8.84. The lowest BCUT2D eigenvalue weighted by atomic mass is 10.1. The lowest BCUT2D eigenvalue weighted by Crippen LogP contribution is -2.04. The van der Waals surface area contributed by atoms with Crippen LogP contribution in [0.5, 0.6) is 0 Å². The smallest absolute Gasteiger partial charge is 0.287 e. The zero-order valence-corrected chi connectivity index (χ0v) is 24.1. The van der Waals surface area contributed by atoms with E-state index >= 15 is 0 Å². The molecular weight excluding hydrogens is 478 g/mol. The first-order chi connectivity index (χ1) is 16.4. The number of phosphoric ester groups is 2. The molecule has 0 aliphatic heterocycles. The second kappa shape index (κ2) is 23.6. The Morgan fingerprint density at radius 1 is 0.353 bits per heavy atom. The summed E-state index contributed by atoms with van der Waals surface area (Å²) >= 11 is 0. The average molecular weight is 531 g/mol. The number of hydrogen-bond donors (Lipinski definition) is 0. The van der Waals surface area contributed by atoms with Crippen LogP contribution in [-0.2, 0) is 36.3 Å². The van der Waals surface area contributed by atoms with Crippen LogP contribution in [-0.4, -0.2) is 39.6 Å². The van der Waals surface area contributed by atoms with Crippen molar-refractivity contribution < 1.29 is 36.3 Å². The number of phosphoric acid groups is 2. The van der Waals surface area contributed by atoms with Crippen LogP contribution in [0.15, 0.2) is 0 Å². The molecule has 0 radical (unpaired) electrons. The van der Waals surface area contributed by atoms with E-state index in [-0.39, 0.29) is 0 Å². The highest BCUT2D eigenvalue weighted by atomic mass is 31.2. The summed E-state index contributed by atoms with van der Waals surface area (Å²) in [6.07, 6.45) is 12.8. The highest BCUT2D eigenvalue weighted by Crippen LogP contribution is 2.50. The van der Waals surface area contributed by atoms with Gasteiger partial charge >= 0.3 is 15.6 Å². The molecule has 206 valence electrons. The summed E-state index contributed by atoms with van der Waals surface area (Å²) in [6.45, 7) is 10.5. The third kappa shape index (κ3) is 20.4. The van der Waals surface area contributed by atoms with Crippen molar-refractivity contribution in [1.82, 2.24) is 0 Å². The van der Waals surface area contributed by atoms with Crippen molar-refractivity contribution in [3.8, 4) is 0 Å². The Morgan fingerprint density at radius 2 is 0.559 bits per heavy atom. The third-order valence-electron chi connectivity index (χ3n) is 5.03. The lowest BCUT2D eigenvalue weighted by Gasteiger charge is -2.18. The van der Waals surface area contributed by atoms with Gasteiger partial charge in [-0.1, -0.05) is 79.1 Å². The van der Waals surface area contributed by atoms with Gasteiger partial charge in [0.25, 0.3) is 0 Å². The van der Waals surface area contributed by atoms with E-state index in [1.807, 2.05) is 0 Å². The van der Waals surface area contributed by atoms with Crippen LogP contribution >= 0.6 is 15.6 Å². The van der Waals surface area contributed by atoms with Crippen LogP contribution in [0, 0.1) is 0 Å². The molecule has 0 bridgehead atoms. The molecule has 0 aliphatic rings. The first-order valence-corrected chi connectivity index (χ1v) is 16.4. The van der Waals surface area contributed by atoms with Crippen LogP contribution in [0.3, 0.4) is 0 Å². The van der Waals surface area contributed by atoms with Crippen molar-refractivity contribution in [3.05, 3.63) is 0 Å². The van der Waals surface area contributed by atoms with E-state index in [4.69, 9.17) is 27.1 Å². The Morgan fingerprint density at radius 3 is 0.794 bits per heavy atom. The van der Waals surface area contributed by atoms with Crippen LogP contribution in [0.1, 0.15) is 118 Å². The molecule has 0 spiro atoms. The standard InChI is InChI=1S/C24H52O8P2/c1-5-9-19-27-33(25,28-20-10-6-2)31-23-17-15-13-14-16-18-24-32-34(26,29-21-11-7-3)30-22-12-8-4/h5-24H2,1-4H3. The fraction of sp³-hybridized carbons (Fsp3) is 1.00. The summed E-state index contributed by atoms with van der Waals surface area (Å²) in [5.41, 5.74) is 0. The minimum absolute atomic E-state index is 0.367. The number of hydrogen-bond acceptors (Lipinski definition) is 8. The Hall–Kier alpha value is 0.220. The Bertz CT molecular complexity index is 459. The maximum Gasteiger partial charge on any atom is 0.474 e. The summed E-state index contributed by atoms with van der Waals surface area (Å²) in [4.78, 5) is 0. The Kier molecular flexibility index (Phi) is 23.8. The molecule has 8 nitrogen and oxygen atoms in total. The minimum Gasteiger partial charge on any atom is -0.287 e. The van der Waals surface area contributed by atoms with Crippen LogP contribution in [0.4, 0.5) is 0 Å². The fourth-order valence-electron chi connectivity index (χ4n) is 2.77. The van der Waals surface area contributed by atoms with E-state index in [1.165, 1.54) is 0 Å². The van der Waals surface area contributed by atoms with E-state index in [2.05, 4.69) is 27.7 Å². The molecule has 0 fully saturated rings. The molecule has 10 heteroatoms. The maximum absolute atomic E-state index is 12.7. The van der Waals surface area contributed by atoms with Gasteiger partial charge in [-0.25, -0.2) is 9.13 Å². The molecule has 0 heterocycles. The van der Waals surface area contributed by atoms with Gasteiger partial charge in [0.05, 0.1) is 39.6 Å². The van der Waals surface area contributed by atoms with Crippen molar-refractivity contribution in [1.29, 1.82) is 0 Å². The fourth-order valence-corrected chi connectivity index (χ4v) is 5.33. The molecule has 0 aliphatic carbocycles. The van der Waals surface area contributed by atoms with Crippen LogP contribution in [0.2, 0.25) is 0 Å². The molecule has 0 aromatic carbocycles. The van der Waals surface area contributed by atoms with E-state index in [9.17, 15) is 9.13 Å². The van der Waals surface area contributed by atoms with Gasteiger partial charge in [0.2, 0.25) is 0 Å².